The summed E-state index contributed by atoms with van der Waals surface area (Å²) in [5, 5.41) is 0. The van der Waals surface area contributed by atoms with Gasteiger partial charge in [0.1, 0.15) is 0 Å². The van der Waals surface area contributed by atoms with Crippen molar-refractivity contribution in [1.82, 2.24) is 0 Å². The molecule has 1 aliphatic rings. The molecule has 0 atom stereocenters. The highest BCUT2D eigenvalue weighted by Crippen LogP contribution is 2.44. The van der Waals surface area contributed by atoms with Crippen LogP contribution in [0.15, 0.2) is 0 Å². The lowest BCUT2D eigenvalue weighted by atomic mass is 10.3. The SMILES string of the molecule is C=P1(O)CCCCC1. The third-order valence-electron chi connectivity index (χ3n) is 1.65. The minimum atomic E-state index is -1.59. The lowest BCUT2D eigenvalue weighted by Gasteiger charge is -2.21. The molecule has 0 saturated carbocycles. The molecule has 0 aliphatic carbocycles. The van der Waals surface area contributed by atoms with Gasteiger partial charge in [-0.2, -0.15) is 0 Å². The van der Waals surface area contributed by atoms with Crippen LogP contribution in [-0.4, -0.2) is 23.5 Å². The van der Waals surface area contributed by atoms with Gasteiger partial charge in [0.25, 0.3) is 0 Å². The van der Waals surface area contributed by atoms with E-state index in [1.54, 1.807) is 0 Å². The molecule has 0 bridgehead atoms. The first-order valence-electron chi connectivity index (χ1n) is 3.15. The lowest BCUT2D eigenvalue weighted by molar-refractivity contribution is 0.589. The summed E-state index contributed by atoms with van der Waals surface area (Å²) in [6.45, 7) is 0. The summed E-state index contributed by atoms with van der Waals surface area (Å²) in [5.41, 5.74) is 0. The molecule has 0 radical (unpaired) electrons. The van der Waals surface area contributed by atoms with Crippen molar-refractivity contribution < 1.29 is 4.89 Å². The van der Waals surface area contributed by atoms with Gasteiger partial charge >= 0.3 is 0 Å². The molecule has 1 saturated heterocycles. The van der Waals surface area contributed by atoms with E-state index in [0.717, 1.165) is 12.3 Å². The van der Waals surface area contributed by atoms with Crippen LogP contribution in [0.5, 0.6) is 0 Å². The van der Waals surface area contributed by atoms with E-state index in [1.165, 1.54) is 19.3 Å². The first kappa shape index (κ1) is 6.38. The molecule has 1 rings (SSSR count). The van der Waals surface area contributed by atoms with Gasteiger partial charge in [0.2, 0.25) is 0 Å². The quantitative estimate of drug-likeness (QED) is 0.495. The molecule has 0 amide bonds. The van der Waals surface area contributed by atoms with E-state index in [9.17, 15) is 4.89 Å². The summed E-state index contributed by atoms with van der Waals surface area (Å²) in [4.78, 5) is 9.37. The number of hydrogen-bond donors (Lipinski definition) is 1. The van der Waals surface area contributed by atoms with E-state index >= 15 is 0 Å². The summed E-state index contributed by atoms with van der Waals surface area (Å²) in [6, 6.07) is 0. The summed E-state index contributed by atoms with van der Waals surface area (Å²) in [7, 11) is -1.59. The molecule has 1 heterocycles. The second kappa shape index (κ2) is 2.24. The largest absolute Gasteiger partial charge is 0.377 e. The van der Waals surface area contributed by atoms with Gasteiger partial charge < -0.3 is 4.89 Å². The molecule has 1 fully saturated rings. The first-order valence-corrected chi connectivity index (χ1v) is 5.45. The molecule has 0 aromatic carbocycles. The second-order valence-corrected chi connectivity index (χ2v) is 5.69. The molecular formula is C6H13OP. The van der Waals surface area contributed by atoms with Gasteiger partial charge in [0, 0.05) is 0 Å². The molecule has 0 spiro atoms. The fourth-order valence-corrected chi connectivity index (χ4v) is 2.95. The Morgan fingerprint density at radius 1 is 1.12 bits per heavy atom. The van der Waals surface area contributed by atoms with Crippen LogP contribution in [0.3, 0.4) is 0 Å². The van der Waals surface area contributed by atoms with Gasteiger partial charge in [-0.05, 0) is 32.3 Å². The van der Waals surface area contributed by atoms with Crippen molar-refractivity contribution in [3.63, 3.8) is 0 Å². The first-order chi connectivity index (χ1) is 3.71. The van der Waals surface area contributed by atoms with Crippen LogP contribution in [0, 0.1) is 0 Å². The Bertz CT molecular complexity index is 110. The Morgan fingerprint density at radius 2 is 1.62 bits per heavy atom. The lowest BCUT2D eigenvalue weighted by Crippen LogP contribution is -2.01. The number of rotatable bonds is 0. The minimum Gasteiger partial charge on any atom is -0.377 e. The van der Waals surface area contributed by atoms with E-state index < -0.39 is 7.11 Å². The van der Waals surface area contributed by atoms with Crippen molar-refractivity contribution in [2.45, 2.75) is 19.3 Å². The van der Waals surface area contributed by atoms with Crippen LogP contribution in [-0.2, 0) is 0 Å². The van der Waals surface area contributed by atoms with Gasteiger partial charge in [0.05, 0.1) is 0 Å². The maximum absolute atomic E-state index is 9.37. The fraction of sp³-hybridized carbons (Fsp3) is 0.833. The normalized spacial score (nSPS) is 27.6. The third-order valence-corrected chi connectivity index (χ3v) is 3.95. The summed E-state index contributed by atoms with van der Waals surface area (Å²) in [6.07, 6.45) is 9.52. The Hall–Kier alpha value is 0.260. The average molecular weight is 132 g/mol. The number of hydrogen-bond acceptors (Lipinski definition) is 1. The molecule has 2 heteroatoms. The highest BCUT2D eigenvalue weighted by molar-refractivity contribution is 7.68. The van der Waals surface area contributed by atoms with Crippen LogP contribution in [0.1, 0.15) is 19.3 Å². The predicted octanol–water partition coefficient (Wildman–Crippen LogP) is 1.53. The highest BCUT2D eigenvalue weighted by Gasteiger charge is 2.13. The summed E-state index contributed by atoms with van der Waals surface area (Å²) >= 11 is 0. The van der Waals surface area contributed by atoms with Crippen LogP contribution < -0.4 is 0 Å². The Balaban J connectivity index is 2.45. The molecule has 1 nitrogen and oxygen atoms in total. The van der Waals surface area contributed by atoms with E-state index in [2.05, 4.69) is 6.30 Å². The monoisotopic (exact) mass is 132 g/mol. The van der Waals surface area contributed by atoms with E-state index in [1.807, 2.05) is 0 Å². The Morgan fingerprint density at radius 3 is 1.88 bits per heavy atom. The topological polar surface area (TPSA) is 20.2 Å². The van der Waals surface area contributed by atoms with Crippen molar-refractivity contribution in [2.75, 3.05) is 12.3 Å². The van der Waals surface area contributed by atoms with E-state index in [4.69, 9.17) is 0 Å². The van der Waals surface area contributed by atoms with Gasteiger partial charge in [-0.3, -0.25) is 0 Å². The maximum Gasteiger partial charge on any atom is -0.00202 e. The van der Waals surface area contributed by atoms with Crippen molar-refractivity contribution in [2.24, 2.45) is 0 Å². The molecule has 1 N–H and O–H groups in total. The van der Waals surface area contributed by atoms with Gasteiger partial charge in [0.15, 0.2) is 0 Å². The van der Waals surface area contributed by atoms with Gasteiger partial charge in [-0.25, -0.2) is 0 Å². The summed E-state index contributed by atoms with van der Waals surface area (Å²) < 4.78 is 0. The van der Waals surface area contributed by atoms with E-state index in [0.29, 0.717) is 0 Å². The molecule has 0 unspecified atom stereocenters. The van der Waals surface area contributed by atoms with Crippen molar-refractivity contribution in [3.05, 3.63) is 0 Å². The van der Waals surface area contributed by atoms with Crippen molar-refractivity contribution >= 4 is 13.4 Å². The average Bonchev–Trinajstić information content (AvgIpc) is 1.65. The minimum absolute atomic E-state index is 1.01. The van der Waals surface area contributed by atoms with E-state index in [-0.39, 0.29) is 0 Å². The molecule has 0 aromatic rings. The molecular weight excluding hydrogens is 119 g/mol. The summed E-state index contributed by atoms with van der Waals surface area (Å²) in [5.74, 6) is 0. The Labute approximate surface area is 50.8 Å². The maximum atomic E-state index is 9.37. The Kier molecular flexibility index (Phi) is 1.79. The fourth-order valence-electron chi connectivity index (χ4n) is 1.10. The van der Waals surface area contributed by atoms with Crippen LogP contribution >= 0.6 is 7.11 Å². The highest BCUT2D eigenvalue weighted by atomic mass is 31.2. The smallest absolute Gasteiger partial charge is 0.00202 e. The van der Waals surface area contributed by atoms with Crippen molar-refractivity contribution in [3.8, 4) is 0 Å². The van der Waals surface area contributed by atoms with Crippen LogP contribution in [0.2, 0.25) is 0 Å². The molecule has 0 aromatic heterocycles. The van der Waals surface area contributed by atoms with Gasteiger partial charge in [-0.1, -0.05) is 12.7 Å². The third kappa shape index (κ3) is 1.65. The second-order valence-electron chi connectivity index (χ2n) is 2.60. The molecule has 48 valence electrons. The van der Waals surface area contributed by atoms with Crippen LogP contribution in [0.25, 0.3) is 0 Å². The molecule has 1 aliphatic heterocycles. The van der Waals surface area contributed by atoms with Gasteiger partial charge in [-0.15, -0.1) is 0 Å². The molecule has 8 heavy (non-hydrogen) atoms. The standard InChI is InChI=1S/C6H13OP/c1-8(7)5-3-2-4-6-8/h7H,1-6H2. The zero-order valence-electron chi connectivity index (χ0n) is 5.14. The zero-order valence-corrected chi connectivity index (χ0v) is 6.03. The van der Waals surface area contributed by atoms with Crippen molar-refractivity contribution in [1.29, 1.82) is 0 Å². The van der Waals surface area contributed by atoms with Crippen LogP contribution in [0.4, 0.5) is 0 Å². The zero-order chi connectivity index (χ0) is 6.04. The predicted molar refractivity (Wildman–Crippen MR) is 39.8 cm³/mol.